The molecular weight excluding hydrogens is 388 g/mol. The molecule has 0 aromatic heterocycles. The van der Waals surface area contributed by atoms with Crippen molar-refractivity contribution in [2.24, 2.45) is 23.2 Å². The van der Waals surface area contributed by atoms with E-state index in [1.54, 1.807) is 0 Å². The molecule has 2 heterocycles. The van der Waals surface area contributed by atoms with Crippen molar-refractivity contribution in [2.75, 3.05) is 39.3 Å². The van der Waals surface area contributed by atoms with Crippen LogP contribution in [0.25, 0.3) is 0 Å². The highest BCUT2D eigenvalue weighted by Crippen LogP contribution is 2.62. The van der Waals surface area contributed by atoms with Gasteiger partial charge in [0.1, 0.15) is 6.10 Å². The van der Waals surface area contributed by atoms with Crippen molar-refractivity contribution in [1.29, 1.82) is 0 Å². The zero-order valence-electron chi connectivity index (χ0n) is 20.3. The van der Waals surface area contributed by atoms with Gasteiger partial charge in [0, 0.05) is 12.5 Å². The standard InChI is InChI=1S/C26H46N2O3/c1-4-6-13-28(14-7-5-2)15-9-12-27-18-21-20-16-23-25(3,17-22(20)31-24(21)29)10-8-11-26(23)19-30-26/h20-23,27H,4-19H2,1-3H3/t20-,21+,22-,23-,25-,26-/m1/s1. The van der Waals surface area contributed by atoms with Gasteiger partial charge in [-0.1, -0.05) is 33.6 Å². The Morgan fingerprint density at radius 2 is 1.81 bits per heavy atom. The van der Waals surface area contributed by atoms with Crippen LogP contribution in [0, 0.1) is 23.2 Å². The van der Waals surface area contributed by atoms with Gasteiger partial charge in [-0.15, -0.1) is 0 Å². The maximum atomic E-state index is 12.7. The van der Waals surface area contributed by atoms with Crippen molar-refractivity contribution in [3.63, 3.8) is 0 Å². The van der Waals surface area contributed by atoms with Gasteiger partial charge in [-0.2, -0.15) is 0 Å². The number of fused-ring (bicyclic) bond motifs is 3. The van der Waals surface area contributed by atoms with E-state index in [1.165, 1.54) is 58.0 Å². The van der Waals surface area contributed by atoms with Crippen molar-refractivity contribution in [2.45, 2.75) is 96.7 Å². The molecule has 4 rings (SSSR count). The van der Waals surface area contributed by atoms with Crippen molar-refractivity contribution in [1.82, 2.24) is 10.2 Å². The minimum absolute atomic E-state index is 0.0311. The Labute approximate surface area is 190 Å². The zero-order chi connectivity index (χ0) is 21.9. The van der Waals surface area contributed by atoms with Crippen LogP contribution in [0.3, 0.4) is 0 Å². The molecule has 0 aromatic carbocycles. The highest BCUT2D eigenvalue weighted by atomic mass is 16.6. The van der Waals surface area contributed by atoms with Gasteiger partial charge in [-0.3, -0.25) is 4.79 Å². The van der Waals surface area contributed by atoms with E-state index in [0.717, 1.165) is 45.5 Å². The summed E-state index contributed by atoms with van der Waals surface area (Å²) in [5.74, 6) is 1.06. The molecule has 0 amide bonds. The first-order chi connectivity index (χ1) is 15.0. The SMILES string of the molecule is CCCCN(CCCC)CCCNC[C@@H]1C(=O)O[C@@H]2C[C@@]3(C)CCC[C@@]4(CO4)[C@@H]3C[C@H]12. The van der Waals surface area contributed by atoms with Gasteiger partial charge in [-0.25, -0.2) is 0 Å². The number of hydrogen-bond donors (Lipinski definition) is 1. The number of hydrogen-bond acceptors (Lipinski definition) is 5. The fourth-order valence-corrected chi connectivity index (χ4v) is 6.97. The topological polar surface area (TPSA) is 54.1 Å². The van der Waals surface area contributed by atoms with E-state index in [0.29, 0.717) is 17.3 Å². The molecule has 0 aromatic rings. The molecule has 5 nitrogen and oxygen atoms in total. The first kappa shape index (κ1) is 23.5. The van der Waals surface area contributed by atoms with E-state index < -0.39 is 0 Å². The number of rotatable bonds is 12. The molecule has 0 bridgehead atoms. The lowest BCUT2D eigenvalue weighted by Crippen LogP contribution is -2.51. The fourth-order valence-electron chi connectivity index (χ4n) is 6.97. The molecule has 2 saturated carbocycles. The van der Waals surface area contributed by atoms with E-state index in [1.807, 2.05) is 0 Å². The van der Waals surface area contributed by atoms with Crippen LogP contribution in [0.2, 0.25) is 0 Å². The van der Waals surface area contributed by atoms with Gasteiger partial charge in [0.05, 0.1) is 18.1 Å². The van der Waals surface area contributed by atoms with Crippen LogP contribution < -0.4 is 5.32 Å². The van der Waals surface area contributed by atoms with E-state index in [9.17, 15) is 4.79 Å². The van der Waals surface area contributed by atoms with Crippen LogP contribution in [0.15, 0.2) is 0 Å². The molecule has 4 aliphatic rings. The molecule has 0 radical (unpaired) electrons. The monoisotopic (exact) mass is 434 g/mol. The number of nitrogens with one attached hydrogen (secondary N) is 1. The molecule has 31 heavy (non-hydrogen) atoms. The molecule has 4 fully saturated rings. The van der Waals surface area contributed by atoms with E-state index in [-0.39, 0.29) is 23.6 Å². The quantitative estimate of drug-likeness (QED) is 0.280. The predicted molar refractivity (Wildman–Crippen MR) is 124 cm³/mol. The average molecular weight is 435 g/mol. The Morgan fingerprint density at radius 1 is 1.10 bits per heavy atom. The molecule has 2 saturated heterocycles. The largest absolute Gasteiger partial charge is 0.462 e. The molecule has 1 N–H and O–H groups in total. The minimum Gasteiger partial charge on any atom is -0.462 e. The molecule has 2 aliphatic heterocycles. The average Bonchev–Trinajstić information content (AvgIpc) is 3.45. The number of carbonyl (C=O) groups excluding carboxylic acids is 1. The van der Waals surface area contributed by atoms with E-state index in [2.05, 4.69) is 31.0 Å². The van der Waals surface area contributed by atoms with E-state index in [4.69, 9.17) is 9.47 Å². The molecular formula is C26H46N2O3. The summed E-state index contributed by atoms with van der Waals surface area (Å²) < 4.78 is 12.0. The highest BCUT2D eigenvalue weighted by molar-refractivity contribution is 5.75. The Hall–Kier alpha value is -0.650. The lowest BCUT2D eigenvalue weighted by molar-refractivity contribution is -0.147. The van der Waals surface area contributed by atoms with E-state index >= 15 is 0 Å². The Balaban J connectivity index is 1.24. The second kappa shape index (κ2) is 10.1. The van der Waals surface area contributed by atoms with Crippen molar-refractivity contribution in [3.8, 4) is 0 Å². The van der Waals surface area contributed by atoms with Crippen LogP contribution >= 0.6 is 0 Å². The first-order valence-corrected chi connectivity index (χ1v) is 13.3. The maximum Gasteiger partial charge on any atom is 0.310 e. The van der Waals surface area contributed by atoms with Crippen molar-refractivity contribution >= 4 is 5.97 Å². The third kappa shape index (κ3) is 5.14. The van der Waals surface area contributed by atoms with Gasteiger partial charge >= 0.3 is 5.97 Å². The summed E-state index contributed by atoms with van der Waals surface area (Å²) >= 11 is 0. The lowest BCUT2D eigenvalue weighted by Gasteiger charge is -2.51. The molecule has 1 spiro atoms. The number of nitrogens with zero attached hydrogens (tertiary/aromatic N) is 1. The normalized spacial score (nSPS) is 38.9. The molecule has 6 atom stereocenters. The van der Waals surface area contributed by atoms with Gasteiger partial charge < -0.3 is 19.7 Å². The number of ether oxygens (including phenoxy) is 2. The lowest BCUT2D eigenvalue weighted by atomic mass is 9.53. The van der Waals surface area contributed by atoms with Crippen LogP contribution in [-0.2, 0) is 14.3 Å². The summed E-state index contributed by atoms with van der Waals surface area (Å²) in [7, 11) is 0. The summed E-state index contributed by atoms with van der Waals surface area (Å²) in [6, 6.07) is 0. The van der Waals surface area contributed by atoms with Crippen molar-refractivity contribution in [3.05, 3.63) is 0 Å². The summed E-state index contributed by atoms with van der Waals surface area (Å²) in [5.41, 5.74) is 0.432. The Morgan fingerprint density at radius 3 is 2.48 bits per heavy atom. The van der Waals surface area contributed by atoms with Gasteiger partial charge in [0.15, 0.2) is 0 Å². The second-order valence-electron chi connectivity index (χ2n) is 11.2. The minimum atomic E-state index is 0.0311. The fraction of sp³-hybridized carbons (Fsp3) is 0.962. The molecule has 5 heteroatoms. The van der Waals surface area contributed by atoms with Gasteiger partial charge in [0.25, 0.3) is 0 Å². The van der Waals surface area contributed by atoms with Gasteiger partial charge in [0.2, 0.25) is 0 Å². The first-order valence-electron chi connectivity index (χ1n) is 13.3. The third-order valence-electron chi connectivity index (χ3n) is 8.93. The zero-order valence-corrected chi connectivity index (χ0v) is 20.3. The number of unbranched alkanes of at least 4 members (excludes halogenated alkanes) is 2. The summed E-state index contributed by atoms with van der Waals surface area (Å²) in [6.07, 6.45) is 12.3. The number of esters is 1. The summed E-state index contributed by atoms with van der Waals surface area (Å²) in [6.45, 7) is 13.3. The Bertz CT molecular complexity index is 599. The third-order valence-corrected chi connectivity index (χ3v) is 8.93. The van der Waals surface area contributed by atoms with Crippen LogP contribution in [-0.4, -0.2) is 61.9 Å². The molecule has 178 valence electrons. The predicted octanol–water partition coefficient (Wildman–Crippen LogP) is 4.40. The van der Waals surface area contributed by atoms with Crippen molar-refractivity contribution < 1.29 is 14.3 Å². The Kier molecular flexibility index (Phi) is 7.65. The summed E-state index contributed by atoms with van der Waals surface area (Å²) in [5, 5.41) is 3.62. The summed E-state index contributed by atoms with van der Waals surface area (Å²) in [4.78, 5) is 15.4. The second-order valence-corrected chi connectivity index (χ2v) is 11.2. The van der Waals surface area contributed by atoms with Gasteiger partial charge in [-0.05, 0) is 88.9 Å². The number of carbonyl (C=O) groups is 1. The van der Waals surface area contributed by atoms with Crippen LogP contribution in [0.4, 0.5) is 0 Å². The molecule has 0 unspecified atom stereocenters. The maximum absolute atomic E-state index is 12.7. The van der Waals surface area contributed by atoms with Crippen LogP contribution in [0.1, 0.15) is 85.0 Å². The number of epoxide rings is 1. The molecule has 2 aliphatic carbocycles. The highest BCUT2D eigenvalue weighted by Gasteiger charge is 2.64. The smallest absolute Gasteiger partial charge is 0.310 e. The van der Waals surface area contributed by atoms with Crippen LogP contribution in [0.5, 0.6) is 0 Å².